The second-order valence-corrected chi connectivity index (χ2v) is 4.94. The summed E-state index contributed by atoms with van der Waals surface area (Å²) in [5, 5.41) is 17.4. The summed E-state index contributed by atoms with van der Waals surface area (Å²) in [4.78, 5) is 33.8. The van der Waals surface area contributed by atoms with E-state index in [-0.39, 0.29) is 6.42 Å². The number of aliphatic carboxylic acids is 1. The summed E-state index contributed by atoms with van der Waals surface area (Å²) < 4.78 is 1.63. The summed E-state index contributed by atoms with van der Waals surface area (Å²) in [6.07, 6.45) is 3.10. The van der Waals surface area contributed by atoms with E-state index in [1.54, 1.807) is 23.1 Å². The lowest BCUT2D eigenvalue weighted by Gasteiger charge is -2.17. The number of hydrogen-bond donors (Lipinski definition) is 3. The summed E-state index contributed by atoms with van der Waals surface area (Å²) in [7, 11) is 0. The lowest BCUT2D eigenvalue weighted by atomic mass is 9.89. The average molecular weight is 282 g/mol. The van der Waals surface area contributed by atoms with Crippen molar-refractivity contribution in [2.24, 2.45) is 5.41 Å². The molecule has 1 heterocycles. The number of carboxylic acid groups (broad SMARTS) is 1. The van der Waals surface area contributed by atoms with Gasteiger partial charge in [-0.15, -0.1) is 0 Å². The Morgan fingerprint density at radius 1 is 1.35 bits per heavy atom. The summed E-state index contributed by atoms with van der Waals surface area (Å²) in [6.45, 7) is 3.63. The minimum Gasteiger partial charge on any atom is -0.481 e. The number of urea groups is 1. The molecule has 0 aliphatic heterocycles. The Balaban J connectivity index is 2.28. The van der Waals surface area contributed by atoms with E-state index in [1.165, 1.54) is 13.8 Å². The fourth-order valence-corrected chi connectivity index (χ4v) is 1.41. The molecule has 0 atom stereocenters. The zero-order valence-electron chi connectivity index (χ0n) is 11.4. The molecule has 0 bridgehead atoms. The van der Waals surface area contributed by atoms with Gasteiger partial charge in [0.25, 0.3) is 0 Å². The van der Waals surface area contributed by atoms with Crippen molar-refractivity contribution in [2.45, 2.75) is 26.8 Å². The van der Waals surface area contributed by atoms with E-state index in [2.05, 4.69) is 15.7 Å². The number of imide groups is 1. The molecule has 1 aromatic rings. The van der Waals surface area contributed by atoms with Gasteiger partial charge in [-0.3, -0.25) is 19.6 Å². The predicted octanol–water partition coefficient (Wildman–Crippen LogP) is 0.210. The fraction of sp³-hybridized carbons (Fsp3) is 0.500. The van der Waals surface area contributed by atoms with E-state index in [1.807, 2.05) is 0 Å². The van der Waals surface area contributed by atoms with Gasteiger partial charge in [-0.1, -0.05) is 0 Å². The molecule has 8 nitrogen and oxygen atoms in total. The third kappa shape index (κ3) is 5.09. The molecule has 0 saturated heterocycles. The zero-order valence-corrected chi connectivity index (χ0v) is 11.4. The van der Waals surface area contributed by atoms with Gasteiger partial charge in [0.15, 0.2) is 0 Å². The molecule has 0 radical (unpaired) electrons. The summed E-state index contributed by atoms with van der Waals surface area (Å²) in [5.41, 5.74) is -1.21. The van der Waals surface area contributed by atoms with Crippen LogP contribution in [0.25, 0.3) is 0 Å². The van der Waals surface area contributed by atoms with Crippen LogP contribution >= 0.6 is 0 Å². The van der Waals surface area contributed by atoms with Gasteiger partial charge in [0.1, 0.15) is 0 Å². The van der Waals surface area contributed by atoms with Gasteiger partial charge in [0.2, 0.25) is 5.91 Å². The highest BCUT2D eigenvalue weighted by molar-refractivity contribution is 5.96. The number of aromatic nitrogens is 2. The van der Waals surface area contributed by atoms with Gasteiger partial charge in [0, 0.05) is 25.4 Å². The number of rotatable bonds is 6. The van der Waals surface area contributed by atoms with Crippen LogP contribution in [0.3, 0.4) is 0 Å². The topological polar surface area (TPSA) is 113 Å². The number of amides is 3. The van der Waals surface area contributed by atoms with Crippen LogP contribution in [0, 0.1) is 5.41 Å². The molecular weight excluding hydrogens is 264 g/mol. The lowest BCUT2D eigenvalue weighted by Crippen LogP contribution is -2.43. The quantitative estimate of drug-likeness (QED) is 0.690. The van der Waals surface area contributed by atoms with Crippen molar-refractivity contribution >= 4 is 17.9 Å². The Hall–Kier alpha value is -2.38. The minimum atomic E-state index is -1.21. The zero-order chi connectivity index (χ0) is 15.2. The SMILES string of the molecule is CC(C)(CC(=O)NC(=O)NCCn1cccn1)C(=O)O. The number of nitrogens with zero attached hydrogens (tertiary/aromatic N) is 2. The van der Waals surface area contributed by atoms with Crippen LogP contribution in [-0.4, -0.2) is 39.3 Å². The first-order chi connectivity index (χ1) is 9.31. The smallest absolute Gasteiger partial charge is 0.321 e. The van der Waals surface area contributed by atoms with Crippen molar-refractivity contribution in [1.82, 2.24) is 20.4 Å². The second-order valence-electron chi connectivity index (χ2n) is 4.94. The largest absolute Gasteiger partial charge is 0.481 e. The molecule has 0 aromatic carbocycles. The first kappa shape index (κ1) is 15.7. The molecule has 0 aliphatic rings. The van der Waals surface area contributed by atoms with Gasteiger partial charge in [0.05, 0.1) is 12.0 Å². The maximum absolute atomic E-state index is 11.5. The van der Waals surface area contributed by atoms with E-state index in [0.29, 0.717) is 13.1 Å². The molecule has 20 heavy (non-hydrogen) atoms. The van der Waals surface area contributed by atoms with Crippen LogP contribution in [-0.2, 0) is 16.1 Å². The standard InChI is InChI=1S/C12H18N4O4/c1-12(2,10(18)19)8-9(17)15-11(20)13-5-7-16-6-3-4-14-16/h3-4,6H,5,7-8H2,1-2H3,(H,18,19)(H2,13,15,17,20). The number of carbonyl (C=O) groups is 3. The normalized spacial score (nSPS) is 10.9. The van der Waals surface area contributed by atoms with Gasteiger partial charge < -0.3 is 10.4 Å². The van der Waals surface area contributed by atoms with E-state index >= 15 is 0 Å². The number of nitrogens with one attached hydrogen (secondary N) is 2. The van der Waals surface area contributed by atoms with Crippen LogP contribution in [0.4, 0.5) is 4.79 Å². The molecule has 0 spiro atoms. The molecule has 0 fully saturated rings. The van der Waals surface area contributed by atoms with E-state index < -0.39 is 23.3 Å². The number of carbonyl (C=O) groups excluding carboxylic acids is 2. The highest BCUT2D eigenvalue weighted by Gasteiger charge is 2.30. The van der Waals surface area contributed by atoms with Gasteiger partial charge in [-0.25, -0.2) is 4.79 Å². The van der Waals surface area contributed by atoms with Crippen LogP contribution in [0.15, 0.2) is 18.5 Å². The highest BCUT2D eigenvalue weighted by Crippen LogP contribution is 2.19. The van der Waals surface area contributed by atoms with E-state index in [0.717, 1.165) is 0 Å². The number of hydrogen-bond acceptors (Lipinski definition) is 4. The van der Waals surface area contributed by atoms with Crippen LogP contribution in [0.2, 0.25) is 0 Å². The Bertz CT molecular complexity index is 482. The van der Waals surface area contributed by atoms with Crippen LogP contribution in [0.5, 0.6) is 0 Å². The summed E-state index contributed by atoms with van der Waals surface area (Å²) >= 11 is 0. The van der Waals surface area contributed by atoms with Crippen molar-refractivity contribution in [1.29, 1.82) is 0 Å². The molecule has 0 unspecified atom stereocenters. The third-order valence-electron chi connectivity index (χ3n) is 2.62. The van der Waals surface area contributed by atoms with Gasteiger partial charge >= 0.3 is 12.0 Å². The molecule has 3 N–H and O–H groups in total. The molecule has 3 amide bonds. The first-order valence-electron chi connectivity index (χ1n) is 6.10. The number of carboxylic acids is 1. The average Bonchev–Trinajstić information content (AvgIpc) is 2.80. The van der Waals surface area contributed by atoms with Crippen molar-refractivity contribution in [3.63, 3.8) is 0 Å². The maximum atomic E-state index is 11.5. The molecule has 0 saturated carbocycles. The lowest BCUT2D eigenvalue weighted by molar-refractivity contribution is -0.149. The van der Waals surface area contributed by atoms with Crippen molar-refractivity contribution in [3.05, 3.63) is 18.5 Å². The Labute approximate surface area is 116 Å². The monoisotopic (exact) mass is 282 g/mol. The van der Waals surface area contributed by atoms with Crippen LogP contribution < -0.4 is 10.6 Å². The summed E-state index contributed by atoms with van der Waals surface area (Å²) in [5.74, 6) is -1.72. The fourth-order valence-electron chi connectivity index (χ4n) is 1.41. The molecule has 1 rings (SSSR count). The Morgan fingerprint density at radius 2 is 2.05 bits per heavy atom. The molecular formula is C12H18N4O4. The van der Waals surface area contributed by atoms with Crippen LogP contribution in [0.1, 0.15) is 20.3 Å². The van der Waals surface area contributed by atoms with Gasteiger partial charge in [-0.2, -0.15) is 5.10 Å². The van der Waals surface area contributed by atoms with E-state index in [4.69, 9.17) is 5.11 Å². The maximum Gasteiger partial charge on any atom is 0.321 e. The first-order valence-corrected chi connectivity index (χ1v) is 6.10. The van der Waals surface area contributed by atoms with Gasteiger partial charge in [-0.05, 0) is 19.9 Å². The molecule has 1 aromatic heterocycles. The Kier molecular flexibility index (Phi) is 5.24. The van der Waals surface area contributed by atoms with Crippen molar-refractivity contribution in [2.75, 3.05) is 6.54 Å². The minimum absolute atomic E-state index is 0.269. The predicted molar refractivity (Wildman–Crippen MR) is 69.8 cm³/mol. The summed E-state index contributed by atoms with van der Waals surface area (Å²) in [6, 6.07) is 1.11. The van der Waals surface area contributed by atoms with Crippen molar-refractivity contribution < 1.29 is 19.5 Å². The van der Waals surface area contributed by atoms with E-state index in [9.17, 15) is 14.4 Å². The van der Waals surface area contributed by atoms with Crippen molar-refractivity contribution in [3.8, 4) is 0 Å². The highest BCUT2D eigenvalue weighted by atomic mass is 16.4. The third-order valence-corrected chi connectivity index (χ3v) is 2.62. The Morgan fingerprint density at radius 3 is 2.60 bits per heavy atom. The molecule has 0 aliphatic carbocycles. The molecule has 8 heteroatoms. The second kappa shape index (κ2) is 6.69. The molecule has 110 valence electrons.